The van der Waals surface area contributed by atoms with E-state index < -0.39 is 5.91 Å². The molecule has 0 aliphatic rings. The molecule has 0 fully saturated rings. The summed E-state index contributed by atoms with van der Waals surface area (Å²) in [6.07, 6.45) is 1.52. The maximum absolute atomic E-state index is 12.3. The molecule has 0 bridgehead atoms. The number of carbonyl (C=O) groups excluding carboxylic acids is 1. The van der Waals surface area contributed by atoms with E-state index in [0.717, 1.165) is 0 Å². The minimum atomic E-state index is -0.430. The van der Waals surface area contributed by atoms with E-state index in [2.05, 4.69) is 10.4 Å². The zero-order valence-electron chi connectivity index (χ0n) is 11.9. The van der Waals surface area contributed by atoms with Crippen LogP contribution >= 0.6 is 11.6 Å². The third kappa shape index (κ3) is 3.23. The van der Waals surface area contributed by atoms with E-state index in [1.165, 1.54) is 10.9 Å². The van der Waals surface area contributed by atoms with Crippen LogP contribution in [0.5, 0.6) is 0 Å². The number of hydrogen-bond donors (Lipinski definition) is 1. The molecule has 0 saturated heterocycles. The predicted octanol–water partition coefficient (Wildman–Crippen LogP) is 3.65. The van der Waals surface area contributed by atoms with E-state index in [9.17, 15) is 10.1 Å². The van der Waals surface area contributed by atoms with Crippen LogP contribution in [0.4, 0.5) is 5.69 Å². The van der Waals surface area contributed by atoms with Crippen molar-refractivity contribution in [2.75, 3.05) is 5.32 Å². The third-order valence-corrected chi connectivity index (χ3v) is 3.42. The zero-order chi connectivity index (χ0) is 16.2. The first-order valence-corrected chi connectivity index (χ1v) is 7.17. The second kappa shape index (κ2) is 6.34. The molecule has 5 nitrogen and oxygen atoms in total. The average molecular weight is 323 g/mol. The van der Waals surface area contributed by atoms with Crippen molar-refractivity contribution in [2.45, 2.75) is 0 Å². The van der Waals surface area contributed by atoms with Crippen LogP contribution in [-0.4, -0.2) is 15.7 Å². The van der Waals surface area contributed by atoms with Crippen molar-refractivity contribution in [1.29, 1.82) is 5.26 Å². The molecule has 23 heavy (non-hydrogen) atoms. The lowest BCUT2D eigenvalue weighted by atomic mass is 10.2. The standard InChI is InChI=1S/C17H11ClN4O/c18-13-6-8-15(9-7-13)22-11-12(10-19)16(21-22)17(23)20-14-4-2-1-3-5-14/h1-9,11H,(H,20,23). The van der Waals surface area contributed by atoms with Crippen molar-refractivity contribution in [3.8, 4) is 11.8 Å². The van der Waals surface area contributed by atoms with Gasteiger partial charge in [-0.15, -0.1) is 0 Å². The van der Waals surface area contributed by atoms with E-state index in [-0.39, 0.29) is 11.3 Å². The predicted molar refractivity (Wildman–Crippen MR) is 87.7 cm³/mol. The summed E-state index contributed by atoms with van der Waals surface area (Å²) in [5.74, 6) is -0.430. The number of amides is 1. The molecule has 2 aromatic carbocycles. The van der Waals surface area contributed by atoms with Crippen molar-refractivity contribution in [3.05, 3.63) is 77.1 Å². The monoisotopic (exact) mass is 322 g/mol. The molecule has 0 radical (unpaired) electrons. The fraction of sp³-hybridized carbons (Fsp3) is 0. The van der Waals surface area contributed by atoms with Crippen LogP contribution in [0.2, 0.25) is 5.02 Å². The van der Waals surface area contributed by atoms with Crippen molar-refractivity contribution in [1.82, 2.24) is 9.78 Å². The van der Waals surface area contributed by atoms with Gasteiger partial charge in [-0.05, 0) is 36.4 Å². The van der Waals surface area contributed by atoms with E-state index >= 15 is 0 Å². The van der Waals surface area contributed by atoms with Gasteiger partial charge in [0, 0.05) is 16.9 Å². The Kier molecular flexibility index (Phi) is 4.09. The summed E-state index contributed by atoms with van der Waals surface area (Å²) < 4.78 is 1.48. The second-order valence-electron chi connectivity index (χ2n) is 4.74. The van der Waals surface area contributed by atoms with E-state index in [4.69, 9.17) is 11.6 Å². The number of para-hydroxylation sites is 1. The molecule has 3 rings (SSSR count). The van der Waals surface area contributed by atoms with Crippen LogP contribution in [0.15, 0.2) is 60.8 Å². The van der Waals surface area contributed by atoms with E-state index in [0.29, 0.717) is 16.4 Å². The lowest BCUT2D eigenvalue weighted by Crippen LogP contribution is -2.14. The Labute approximate surface area is 137 Å². The Balaban J connectivity index is 1.92. The van der Waals surface area contributed by atoms with Gasteiger partial charge in [0.15, 0.2) is 5.69 Å². The number of aromatic nitrogens is 2. The smallest absolute Gasteiger partial charge is 0.277 e. The van der Waals surface area contributed by atoms with E-state index in [1.807, 2.05) is 24.3 Å². The van der Waals surface area contributed by atoms with Gasteiger partial charge in [0.1, 0.15) is 11.6 Å². The lowest BCUT2D eigenvalue weighted by Gasteiger charge is -2.03. The number of hydrogen-bond acceptors (Lipinski definition) is 3. The van der Waals surface area contributed by atoms with Crippen LogP contribution in [-0.2, 0) is 0 Å². The first kappa shape index (κ1) is 14.8. The summed E-state index contributed by atoms with van der Waals surface area (Å²) in [5.41, 5.74) is 1.63. The fourth-order valence-electron chi connectivity index (χ4n) is 2.06. The van der Waals surface area contributed by atoms with Crippen molar-refractivity contribution >= 4 is 23.2 Å². The molecular formula is C17H11ClN4O. The number of nitriles is 1. The highest BCUT2D eigenvalue weighted by Crippen LogP contribution is 2.16. The van der Waals surface area contributed by atoms with Crippen molar-refractivity contribution in [3.63, 3.8) is 0 Å². The number of anilines is 1. The fourth-order valence-corrected chi connectivity index (χ4v) is 2.19. The summed E-state index contributed by atoms with van der Waals surface area (Å²) in [5, 5.41) is 16.8. The molecule has 3 aromatic rings. The Morgan fingerprint density at radius 3 is 2.48 bits per heavy atom. The van der Waals surface area contributed by atoms with Crippen molar-refractivity contribution in [2.24, 2.45) is 0 Å². The van der Waals surface area contributed by atoms with Crippen LogP contribution in [0.1, 0.15) is 16.1 Å². The molecule has 0 aliphatic heterocycles. The van der Waals surface area contributed by atoms with E-state index in [1.54, 1.807) is 36.4 Å². The minimum Gasteiger partial charge on any atom is -0.321 e. The van der Waals surface area contributed by atoms with Gasteiger partial charge < -0.3 is 5.32 Å². The van der Waals surface area contributed by atoms with Crippen molar-refractivity contribution < 1.29 is 4.79 Å². The first-order valence-electron chi connectivity index (χ1n) is 6.79. The number of rotatable bonds is 3. The lowest BCUT2D eigenvalue weighted by molar-refractivity contribution is 0.102. The highest BCUT2D eigenvalue weighted by molar-refractivity contribution is 6.30. The highest BCUT2D eigenvalue weighted by atomic mass is 35.5. The Morgan fingerprint density at radius 1 is 1.13 bits per heavy atom. The molecule has 0 spiro atoms. The van der Waals surface area contributed by atoms with Crippen LogP contribution < -0.4 is 5.32 Å². The molecule has 0 atom stereocenters. The first-order chi connectivity index (χ1) is 11.2. The number of nitrogens with one attached hydrogen (secondary N) is 1. The summed E-state index contributed by atoms with van der Waals surface area (Å²) in [7, 11) is 0. The quantitative estimate of drug-likeness (QED) is 0.800. The average Bonchev–Trinajstić information content (AvgIpc) is 3.01. The molecule has 1 N–H and O–H groups in total. The van der Waals surface area contributed by atoms with Crippen LogP contribution in [0, 0.1) is 11.3 Å². The Hall–Kier alpha value is -3.10. The maximum Gasteiger partial charge on any atom is 0.277 e. The minimum absolute atomic E-state index is 0.0753. The van der Waals surface area contributed by atoms with Gasteiger partial charge in [-0.3, -0.25) is 4.79 Å². The van der Waals surface area contributed by atoms with Crippen LogP contribution in [0.3, 0.4) is 0 Å². The number of carbonyl (C=O) groups is 1. The Bertz CT molecular complexity index is 879. The summed E-state index contributed by atoms with van der Waals surface area (Å²) >= 11 is 5.86. The molecule has 0 aliphatic carbocycles. The maximum atomic E-state index is 12.3. The highest BCUT2D eigenvalue weighted by Gasteiger charge is 2.17. The molecule has 1 amide bonds. The number of nitrogens with zero attached hydrogens (tertiary/aromatic N) is 3. The van der Waals surface area contributed by atoms with Gasteiger partial charge in [-0.2, -0.15) is 10.4 Å². The SMILES string of the molecule is N#Cc1cn(-c2ccc(Cl)cc2)nc1C(=O)Nc1ccccc1. The van der Waals surface area contributed by atoms with Gasteiger partial charge >= 0.3 is 0 Å². The van der Waals surface area contributed by atoms with Crippen LogP contribution in [0.25, 0.3) is 5.69 Å². The molecule has 0 unspecified atom stereocenters. The molecule has 6 heteroatoms. The normalized spacial score (nSPS) is 10.1. The van der Waals surface area contributed by atoms with Gasteiger partial charge in [0.2, 0.25) is 0 Å². The van der Waals surface area contributed by atoms with Gasteiger partial charge in [-0.1, -0.05) is 29.8 Å². The molecule has 112 valence electrons. The zero-order valence-corrected chi connectivity index (χ0v) is 12.7. The third-order valence-electron chi connectivity index (χ3n) is 3.17. The summed E-state index contributed by atoms with van der Waals surface area (Å²) in [6, 6.07) is 18.0. The largest absolute Gasteiger partial charge is 0.321 e. The topological polar surface area (TPSA) is 70.7 Å². The molecular weight excluding hydrogens is 312 g/mol. The van der Waals surface area contributed by atoms with Gasteiger partial charge in [-0.25, -0.2) is 4.68 Å². The molecule has 1 aromatic heterocycles. The molecule has 0 saturated carbocycles. The summed E-state index contributed by atoms with van der Waals surface area (Å²) in [4.78, 5) is 12.3. The van der Waals surface area contributed by atoms with Gasteiger partial charge in [0.25, 0.3) is 5.91 Å². The Morgan fingerprint density at radius 2 is 1.83 bits per heavy atom. The van der Waals surface area contributed by atoms with Gasteiger partial charge in [0.05, 0.1) is 5.69 Å². The number of benzene rings is 2. The second-order valence-corrected chi connectivity index (χ2v) is 5.18. The molecule has 1 heterocycles. The summed E-state index contributed by atoms with van der Waals surface area (Å²) in [6.45, 7) is 0. The number of halogens is 1.